The Hall–Kier alpha value is -2.01. The molecule has 21 heavy (non-hydrogen) atoms. The third-order valence-corrected chi connectivity index (χ3v) is 4.21. The molecule has 0 spiro atoms. The predicted molar refractivity (Wildman–Crippen MR) is 84.0 cm³/mol. The Morgan fingerprint density at radius 3 is 2.67 bits per heavy atom. The summed E-state index contributed by atoms with van der Waals surface area (Å²) in [6.45, 7) is 4.10. The highest BCUT2D eigenvalue weighted by molar-refractivity contribution is 7.10. The topological polar surface area (TPSA) is 58.6 Å². The molecule has 0 bridgehead atoms. The van der Waals surface area contributed by atoms with Crippen LogP contribution in [0.15, 0.2) is 35.7 Å². The zero-order valence-electron chi connectivity index (χ0n) is 12.3. The zero-order chi connectivity index (χ0) is 15.4. The summed E-state index contributed by atoms with van der Waals surface area (Å²) >= 11 is 1.61. The highest BCUT2D eigenvalue weighted by atomic mass is 32.1. The summed E-state index contributed by atoms with van der Waals surface area (Å²) in [5.41, 5.74) is 0.219. The Morgan fingerprint density at radius 2 is 2.10 bits per heavy atom. The van der Waals surface area contributed by atoms with Crippen molar-refractivity contribution in [1.29, 1.82) is 0 Å². The molecule has 0 aliphatic carbocycles. The molecule has 0 radical (unpaired) electrons. The number of benzene rings is 1. The van der Waals surface area contributed by atoms with Crippen molar-refractivity contribution >= 4 is 17.2 Å². The lowest BCUT2D eigenvalue weighted by molar-refractivity contribution is 0.0923. The van der Waals surface area contributed by atoms with Crippen LogP contribution in [0.4, 0.5) is 0 Å². The molecule has 2 N–H and O–H groups in total. The predicted octanol–water partition coefficient (Wildman–Crippen LogP) is 3.59. The van der Waals surface area contributed by atoms with E-state index in [9.17, 15) is 9.90 Å². The van der Waals surface area contributed by atoms with Gasteiger partial charge in [-0.15, -0.1) is 11.3 Å². The van der Waals surface area contributed by atoms with Crippen molar-refractivity contribution in [1.82, 2.24) is 5.32 Å². The second kappa shape index (κ2) is 6.63. The Kier molecular flexibility index (Phi) is 4.85. The van der Waals surface area contributed by atoms with E-state index in [1.165, 1.54) is 19.2 Å². The minimum absolute atomic E-state index is 0.0537. The van der Waals surface area contributed by atoms with Crippen LogP contribution < -0.4 is 10.1 Å². The molecule has 4 nitrogen and oxygen atoms in total. The normalized spacial score (nSPS) is 12.2. The molecule has 0 aliphatic rings. The summed E-state index contributed by atoms with van der Waals surface area (Å²) in [6, 6.07) is 8.50. The average Bonchev–Trinajstić information content (AvgIpc) is 2.98. The van der Waals surface area contributed by atoms with Gasteiger partial charge in [0.15, 0.2) is 0 Å². The third-order valence-electron chi connectivity index (χ3n) is 3.25. The van der Waals surface area contributed by atoms with E-state index >= 15 is 0 Å². The summed E-state index contributed by atoms with van der Waals surface area (Å²) in [4.78, 5) is 13.5. The van der Waals surface area contributed by atoms with Crippen LogP contribution in [0.3, 0.4) is 0 Å². The van der Waals surface area contributed by atoms with Crippen LogP contribution >= 0.6 is 11.3 Å². The van der Waals surface area contributed by atoms with Gasteiger partial charge < -0.3 is 15.2 Å². The highest BCUT2D eigenvalue weighted by Gasteiger charge is 2.21. The number of amides is 1. The first-order valence-corrected chi connectivity index (χ1v) is 7.62. The minimum atomic E-state index is -0.307. The number of carbonyl (C=O) groups excluding carboxylic acids is 1. The van der Waals surface area contributed by atoms with Gasteiger partial charge in [0, 0.05) is 4.88 Å². The fourth-order valence-corrected chi connectivity index (χ4v) is 3.03. The number of aromatic hydroxyl groups is 1. The molecule has 2 aromatic rings. The fraction of sp³-hybridized carbons (Fsp3) is 0.312. The van der Waals surface area contributed by atoms with Gasteiger partial charge in [-0.3, -0.25) is 4.79 Å². The number of hydrogen-bond donors (Lipinski definition) is 2. The maximum absolute atomic E-state index is 12.4. The second-order valence-corrected chi connectivity index (χ2v) is 6.07. The molecule has 0 saturated carbocycles. The van der Waals surface area contributed by atoms with E-state index in [2.05, 4.69) is 19.2 Å². The van der Waals surface area contributed by atoms with Crippen molar-refractivity contribution in [2.75, 3.05) is 7.11 Å². The van der Waals surface area contributed by atoms with Gasteiger partial charge in [0.2, 0.25) is 0 Å². The van der Waals surface area contributed by atoms with E-state index in [4.69, 9.17) is 4.74 Å². The lowest BCUT2D eigenvalue weighted by Gasteiger charge is -2.21. The van der Waals surface area contributed by atoms with Gasteiger partial charge in [0.1, 0.15) is 11.5 Å². The first kappa shape index (κ1) is 15.4. The number of phenols is 1. The van der Waals surface area contributed by atoms with Gasteiger partial charge in [-0.1, -0.05) is 19.9 Å². The Balaban J connectivity index is 2.23. The van der Waals surface area contributed by atoms with E-state index in [0.29, 0.717) is 5.75 Å². The molecule has 2 rings (SSSR count). The zero-order valence-corrected chi connectivity index (χ0v) is 13.1. The molecular formula is C16H19NO3S. The lowest BCUT2D eigenvalue weighted by atomic mass is 10.0. The third kappa shape index (κ3) is 3.55. The van der Waals surface area contributed by atoms with Crippen LogP contribution in [0.25, 0.3) is 0 Å². The van der Waals surface area contributed by atoms with Gasteiger partial charge in [-0.2, -0.15) is 0 Å². The maximum atomic E-state index is 12.4. The van der Waals surface area contributed by atoms with E-state index in [1.807, 2.05) is 17.5 Å². The van der Waals surface area contributed by atoms with Crippen LogP contribution in [-0.4, -0.2) is 18.1 Å². The van der Waals surface area contributed by atoms with Crippen molar-refractivity contribution < 1.29 is 14.6 Å². The van der Waals surface area contributed by atoms with Crippen molar-refractivity contribution in [3.05, 3.63) is 46.2 Å². The molecule has 0 fully saturated rings. The second-order valence-electron chi connectivity index (χ2n) is 5.09. The van der Waals surface area contributed by atoms with E-state index in [-0.39, 0.29) is 29.2 Å². The standard InChI is InChI=1S/C16H19NO3S/c1-10(2)15(14-5-4-8-21-14)17-16(19)12-9-11(20-3)6-7-13(12)18/h4-10,15,18H,1-3H3,(H,17,19). The number of rotatable bonds is 5. The maximum Gasteiger partial charge on any atom is 0.255 e. The molecule has 0 aliphatic heterocycles. The monoisotopic (exact) mass is 305 g/mol. The highest BCUT2D eigenvalue weighted by Crippen LogP contribution is 2.28. The summed E-state index contributed by atoms with van der Waals surface area (Å²) in [7, 11) is 1.52. The molecule has 1 aromatic heterocycles. The Morgan fingerprint density at radius 1 is 1.33 bits per heavy atom. The van der Waals surface area contributed by atoms with Crippen molar-refractivity contribution in [2.45, 2.75) is 19.9 Å². The molecule has 1 atom stereocenters. The van der Waals surface area contributed by atoms with Crippen LogP contribution in [0.2, 0.25) is 0 Å². The molecule has 1 heterocycles. The van der Waals surface area contributed by atoms with Gasteiger partial charge in [-0.05, 0) is 35.6 Å². The summed E-state index contributed by atoms with van der Waals surface area (Å²) in [6.07, 6.45) is 0. The number of hydrogen-bond acceptors (Lipinski definition) is 4. The Bertz CT molecular complexity index is 608. The van der Waals surface area contributed by atoms with Gasteiger partial charge in [-0.25, -0.2) is 0 Å². The minimum Gasteiger partial charge on any atom is -0.507 e. The van der Waals surface area contributed by atoms with Gasteiger partial charge in [0.25, 0.3) is 5.91 Å². The Labute approximate surface area is 128 Å². The van der Waals surface area contributed by atoms with Crippen molar-refractivity contribution in [3.8, 4) is 11.5 Å². The number of carbonyl (C=O) groups is 1. The van der Waals surface area contributed by atoms with E-state index in [0.717, 1.165) is 4.88 Å². The fourth-order valence-electron chi connectivity index (χ4n) is 2.08. The number of nitrogens with one attached hydrogen (secondary N) is 1. The molecule has 1 amide bonds. The van der Waals surface area contributed by atoms with Crippen LogP contribution in [0.5, 0.6) is 11.5 Å². The van der Waals surface area contributed by atoms with E-state index in [1.54, 1.807) is 17.4 Å². The first-order valence-electron chi connectivity index (χ1n) is 6.74. The molecular weight excluding hydrogens is 286 g/mol. The molecule has 0 saturated heterocycles. The number of ether oxygens (including phenoxy) is 1. The van der Waals surface area contributed by atoms with Gasteiger partial charge in [0.05, 0.1) is 18.7 Å². The van der Waals surface area contributed by atoms with Crippen LogP contribution in [0, 0.1) is 5.92 Å². The van der Waals surface area contributed by atoms with Crippen LogP contribution in [-0.2, 0) is 0 Å². The van der Waals surface area contributed by atoms with Crippen molar-refractivity contribution in [3.63, 3.8) is 0 Å². The quantitative estimate of drug-likeness (QED) is 0.887. The summed E-state index contributed by atoms with van der Waals surface area (Å²) in [5.74, 6) is 0.427. The van der Waals surface area contributed by atoms with Gasteiger partial charge >= 0.3 is 0 Å². The lowest BCUT2D eigenvalue weighted by Crippen LogP contribution is -2.31. The number of thiophene rings is 1. The van der Waals surface area contributed by atoms with Crippen LogP contribution in [0.1, 0.15) is 35.1 Å². The number of methoxy groups -OCH3 is 1. The molecule has 1 aromatic carbocycles. The summed E-state index contributed by atoms with van der Waals surface area (Å²) < 4.78 is 5.10. The first-order chi connectivity index (χ1) is 10.0. The molecule has 1 unspecified atom stereocenters. The SMILES string of the molecule is COc1ccc(O)c(C(=O)NC(c2cccs2)C(C)C)c1. The summed E-state index contributed by atoms with van der Waals surface area (Å²) in [5, 5.41) is 14.8. The van der Waals surface area contributed by atoms with Crippen molar-refractivity contribution in [2.24, 2.45) is 5.92 Å². The number of phenolic OH excluding ortho intramolecular Hbond substituents is 1. The molecule has 112 valence electrons. The van der Waals surface area contributed by atoms with E-state index < -0.39 is 0 Å². The smallest absolute Gasteiger partial charge is 0.255 e. The average molecular weight is 305 g/mol. The largest absolute Gasteiger partial charge is 0.507 e. The molecule has 5 heteroatoms.